The Kier molecular flexibility index (Phi) is 15.5. The number of carbonyl (C=O) groups is 4. The first-order chi connectivity index (χ1) is 22.7. The molecule has 2 amide bonds. The quantitative estimate of drug-likeness (QED) is 0.0538. The highest BCUT2D eigenvalue weighted by molar-refractivity contribution is 6.76. The van der Waals surface area contributed by atoms with Crippen molar-refractivity contribution < 1.29 is 83.3 Å². The Balaban J connectivity index is 2.60. The minimum Gasteiger partial charge on any atom is -0.465 e. The molecule has 2 aliphatic heterocycles. The molecule has 9 N–H and O–H groups in total. The summed E-state index contributed by atoms with van der Waals surface area (Å²) >= 11 is 0. The van der Waals surface area contributed by atoms with Crippen molar-refractivity contribution in [3.05, 3.63) is 0 Å². The SMILES string of the molecule is COC(=O)[C@@]1(O[C@H](CO)[C@@H](O)[C@@H]2O[C@@](OCC[Si](C)(C)C)(C(=O)OC)C[C@H](O)[C@H]2NC(C)=O)C[C@H](O)[C@@H](NC(C)=O)[C@H]([C@H](O)[C@H](O)CO)O1. The molecule has 0 radical (unpaired) electrons. The van der Waals surface area contributed by atoms with Crippen LogP contribution < -0.4 is 10.6 Å². The van der Waals surface area contributed by atoms with E-state index in [1.807, 2.05) is 19.6 Å². The summed E-state index contributed by atoms with van der Waals surface area (Å²) in [6.45, 7) is 6.22. The van der Waals surface area contributed by atoms with Crippen LogP contribution in [0.2, 0.25) is 25.7 Å². The molecule has 0 spiro atoms. The number of aliphatic hydroxyl groups excluding tert-OH is 7. The van der Waals surface area contributed by atoms with E-state index in [0.29, 0.717) is 6.04 Å². The molecule has 2 rings (SSSR count). The first-order valence-corrected chi connectivity index (χ1v) is 19.4. The molecular weight excluding hydrogens is 676 g/mol. The van der Waals surface area contributed by atoms with Crippen LogP contribution in [-0.4, -0.2) is 174 Å². The molecule has 12 atom stereocenters. The third-order valence-electron chi connectivity index (χ3n) is 8.22. The van der Waals surface area contributed by atoms with Crippen molar-refractivity contribution in [2.75, 3.05) is 34.0 Å². The van der Waals surface area contributed by atoms with E-state index in [0.717, 1.165) is 28.1 Å². The zero-order chi connectivity index (χ0) is 37.5. The lowest BCUT2D eigenvalue weighted by Gasteiger charge is -2.50. The van der Waals surface area contributed by atoms with Crippen molar-refractivity contribution >= 4 is 31.8 Å². The van der Waals surface area contributed by atoms with Gasteiger partial charge < -0.3 is 74.8 Å². The molecule has 0 aromatic rings. The molecule has 0 aliphatic carbocycles. The van der Waals surface area contributed by atoms with Gasteiger partial charge in [-0.2, -0.15) is 0 Å². The molecule has 2 aliphatic rings. The third-order valence-corrected chi connectivity index (χ3v) is 9.93. The van der Waals surface area contributed by atoms with Gasteiger partial charge in [0.05, 0.1) is 51.7 Å². The van der Waals surface area contributed by atoms with E-state index in [2.05, 4.69) is 10.6 Å². The molecule has 19 nitrogen and oxygen atoms in total. The molecule has 0 bridgehead atoms. The number of carbonyl (C=O) groups excluding carboxylic acids is 4. The monoisotopic (exact) mass is 728 g/mol. The molecule has 49 heavy (non-hydrogen) atoms. The second-order valence-electron chi connectivity index (χ2n) is 13.4. The van der Waals surface area contributed by atoms with E-state index >= 15 is 0 Å². The van der Waals surface area contributed by atoms with Crippen LogP contribution >= 0.6 is 0 Å². The smallest absolute Gasteiger partial charge is 0.366 e. The fourth-order valence-corrected chi connectivity index (χ4v) is 6.40. The summed E-state index contributed by atoms with van der Waals surface area (Å²) in [5, 5.41) is 79.6. The minimum atomic E-state index is -2.76. The maximum atomic E-state index is 13.3. The summed E-state index contributed by atoms with van der Waals surface area (Å²) in [7, 11) is 0.232. The Morgan fingerprint density at radius 2 is 1.24 bits per heavy atom. The van der Waals surface area contributed by atoms with Crippen LogP contribution in [0.4, 0.5) is 0 Å². The standard InChI is InChI=1S/C29H52N2O17Si/c1-14(34)30-20-17(37)11-29(27(42)44-4,48-24(20)22(39)18(38)12-32)46-19(13-33)23(40)25-21(31-15(2)35)16(36)10-28(47-25,26(41)43-3)45-8-9-49(5,6)7/h16-25,32-33,36-40H,8-13H2,1-7H3,(H,30,34)(H,31,35)/t16-,17-,18+,19+,20+,21+,22+,23+,24+,25+,28+,29+/m0/s1. The Hall–Kier alpha value is -2.34. The lowest BCUT2D eigenvalue weighted by atomic mass is 9.87. The highest BCUT2D eigenvalue weighted by Gasteiger charge is 2.60. The number of methoxy groups -OCH3 is 2. The summed E-state index contributed by atoms with van der Waals surface area (Å²) < 4.78 is 33.3. The molecule has 20 heteroatoms. The molecule has 0 aromatic heterocycles. The van der Waals surface area contributed by atoms with E-state index < -0.39 is 130 Å². The van der Waals surface area contributed by atoms with Gasteiger partial charge in [0.2, 0.25) is 11.8 Å². The van der Waals surface area contributed by atoms with Crippen LogP contribution in [0.25, 0.3) is 0 Å². The zero-order valence-electron chi connectivity index (χ0n) is 28.7. The van der Waals surface area contributed by atoms with Gasteiger partial charge in [0.15, 0.2) is 0 Å². The fourth-order valence-electron chi connectivity index (χ4n) is 5.69. The maximum absolute atomic E-state index is 13.3. The molecule has 284 valence electrons. The molecule has 2 saturated heterocycles. The van der Waals surface area contributed by atoms with E-state index in [9.17, 15) is 54.9 Å². The molecular formula is C29H52N2O17Si. The number of aliphatic hydroxyl groups is 7. The van der Waals surface area contributed by atoms with Crippen molar-refractivity contribution in [3.63, 3.8) is 0 Å². The average Bonchev–Trinajstić information content (AvgIpc) is 3.02. The minimum absolute atomic E-state index is 0.0128. The van der Waals surface area contributed by atoms with Crippen molar-refractivity contribution in [3.8, 4) is 0 Å². The first kappa shape index (κ1) is 42.8. The van der Waals surface area contributed by atoms with E-state index in [1.165, 1.54) is 0 Å². The topological polar surface area (TPSA) is 289 Å². The predicted molar refractivity (Wildman–Crippen MR) is 167 cm³/mol. The van der Waals surface area contributed by atoms with Crippen LogP contribution in [0.3, 0.4) is 0 Å². The predicted octanol–water partition coefficient (Wildman–Crippen LogP) is -4.16. The highest BCUT2D eigenvalue weighted by atomic mass is 28.3. The van der Waals surface area contributed by atoms with Crippen molar-refractivity contribution in [1.29, 1.82) is 0 Å². The first-order valence-electron chi connectivity index (χ1n) is 15.7. The van der Waals surface area contributed by atoms with Crippen LogP contribution in [-0.2, 0) is 47.6 Å². The Morgan fingerprint density at radius 3 is 1.67 bits per heavy atom. The van der Waals surface area contributed by atoms with E-state index in [-0.39, 0.29) is 6.61 Å². The van der Waals surface area contributed by atoms with Crippen molar-refractivity contribution in [2.45, 2.75) is 125 Å². The van der Waals surface area contributed by atoms with E-state index in [1.54, 1.807) is 0 Å². The molecule has 2 fully saturated rings. The highest BCUT2D eigenvalue weighted by Crippen LogP contribution is 2.38. The van der Waals surface area contributed by atoms with Crippen LogP contribution in [0.5, 0.6) is 0 Å². The number of rotatable bonds is 16. The molecule has 0 unspecified atom stereocenters. The average molecular weight is 729 g/mol. The normalized spacial score (nSPS) is 33.0. The van der Waals surface area contributed by atoms with Gasteiger partial charge in [-0.3, -0.25) is 9.59 Å². The number of hydrogen-bond donors (Lipinski definition) is 9. The zero-order valence-corrected chi connectivity index (χ0v) is 29.7. The summed E-state index contributed by atoms with van der Waals surface area (Å²) in [4.78, 5) is 50.5. The van der Waals surface area contributed by atoms with Gasteiger partial charge in [0.25, 0.3) is 11.6 Å². The van der Waals surface area contributed by atoms with Crippen LogP contribution in [0.15, 0.2) is 0 Å². The molecule has 0 aromatic carbocycles. The lowest BCUT2D eigenvalue weighted by molar-refractivity contribution is -0.346. The largest absolute Gasteiger partial charge is 0.465 e. The van der Waals surface area contributed by atoms with Gasteiger partial charge in [0, 0.05) is 41.4 Å². The Bertz CT molecular complexity index is 1140. The number of nitrogens with one attached hydrogen (secondary N) is 2. The summed E-state index contributed by atoms with van der Waals surface area (Å²) in [5.74, 6) is -8.86. The lowest BCUT2D eigenvalue weighted by Crippen LogP contribution is -2.70. The van der Waals surface area contributed by atoms with Gasteiger partial charge in [-0.05, 0) is 6.04 Å². The van der Waals surface area contributed by atoms with Crippen LogP contribution in [0, 0.1) is 0 Å². The number of esters is 2. The van der Waals surface area contributed by atoms with Gasteiger partial charge in [0.1, 0.15) is 36.6 Å². The van der Waals surface area contributed by atoms with Gasteiger partial charge >= 0.3 is 11.9 Å². The summed E-state index contributed by atoms with van der Waals surface area (Å²) in [5.41, 5.74) is 0. The van der Waals surface area contributed by atoms with Crippen molar-refractivity contribution in [1.82, 2.24) is 10.6 Å². The Morgan fingerprint density at radius 1 is 0.796 bits per heavy atom. The second kappa shape index (κ2) is 17.7. The molecule has 0 saturated carbocycles. The molecule has 2 heterocycles. The second-order valence-corrected chi connectivity index (χ2v) is 19.0. The summed E-state index contributed by atoms with van der Waals surface area (Å²) in [6.07, 6.45) is -16.4. The number of ether oxygens (including phenoxy) is 6. The van der Waals surface area contributed by atoms with Gasteiger partial charge in [-0.1, -0.05) is 19.6 Å². The number of hydrogen-bond acceptors (Lipinski definition) is 17. The van der Waals surface area contributed by atoms with Gasteiger partial charge in [-0.15, -0.1) is 0 Å². The van der Waals surface area contributed by atoms with Crippen molar-refractivity contribution in [2.24, 2.45) is 0 Å². The summed E-state index contributed by atoms with van der Waals surface area (Å²) in [6, 6.07) is -2.37. The maximum Gasteiger partial charge on any atom is 0.366 e. The number of amides is 2. The van der Waals surface area contributed by atoms with Gasteiger partial charge in [-0.25, -0.2) is 9.59 Å². The fraction of sp³-hybridized carbons (Fsp3) is 0.862. The third kappa shape index (κ3) is 10.6. The Labute approximate surface area is 284 Å². The van der Waals surface area contributed by atoms with E-state index in [4.69, 9.17) is 28.4 Å². The van der Waals surface area contributed by atoms with Crippen LogP contribution in [0.1, 0.15) is 26.7 Å².